The van der Waals surface area contributed by atoms with Crippen LogP contribution in [0.3, 0.4) is 0 Å². The summed E-state index contributed by atoms with van der Waals surface area (Å²) in [4.78, 5) is 46.8. The van der Waals surface area contributed by atoms with E-state index in [1.165, 1.54) is 24.3 Å². The third kappa shape index (κ3) is 19.5. The largest absolute Gasteiger partial charge is 0.295 e. The summed E-state index contributed by atoms with van der Waals surface area (Å²) in [7, 11) is -14.4. The molecule has 4 aliphatic carbocycles. The van der Waals surface area contributed by atoms with Crippen LogP contribution < -0.4 is 18.9 Å². The Morgan fingerprint density at radius 1 is 0.364 bits per heavy atom. The molecule has 0 bridgehead atoms. The van der Waals surface area contributed by atoms with E-state index < -0.39 is 40.1 Å². The van der Waals surface area contributed by atoms with Crippen LogP contribution in [-0.4, -0.2) is 56.8 Å². The predicted octanol–water partition coefficient (Wildman–Crippen LogP) is 9.16. The zero-order chi connectivity index (χ0) is 57.1. The molecule has 1 atom stereocenters. The van der Waals surface area contributed by atoms with Crippen molar-refractivity contribution in [3.05, 3.63) is 166 Å². The lowest BCUT2D eigenvalue weighted by atomic mass is 9.79. The SMILES string of the molecule is Cc1ccc(S(=O)(=O)NC2=CC(=O)CC(C)(C)C2)cc1.Cc1ccc(S(=O)(=O)NC2=CC(=O)CC(C)(C)C2)cc1.Cc1ccc(S(=O)(=O)NC2=CC(=O)CC(C)C2)cc1.Cc1ccc(S(=O)(=O)NC2=CC(=O)CCC2)cc1. The summed E-state index contributed by atoms with van der Waals surface area (Å²) in [5.41, 5.74) is 5.46. The number of hydrogen-bond acceptors (Lipinski definition) is 12. The van der Waals surface area contributed by atoms with Gasteiger partial charge in [0, 0.05) is 72.8 Å². The summed E-state index contributed by atoms with van der Waals surface area (Å²) in [5.74, 6) is 0.0437. The molecular weight excluding hydrogens is 1060 g/mol. The Hall–Kier alpha value is -6.48. The molecule has 77 heavy (non-hydrogen) atoms. The highest BCUT2D eigenvalue weighted by molar-refractivity contribution is 7.90. The summed E-state index contributed by atoms with van der Waals surface area (Å²) >= 11 is 0. The fourth-order valence-electron chi connectivity index (χ4n) is 8.67. The molecular formula is C57H70N4O12S4. The number of allylic oxidation sites excluding steroid dienone is 8. The minimum absolute atomic E-state index is 0.0251. The van der Waals surface area contributed by atoms with Crippen molar-refractivity contribution in [2.24, 2.45) is 16.7 Å². The number of carbonyl (C=O) groups excluding carboxylic acids is 4. The number of nitrogens with one attached hydrogen (secondary N) is 4. The van der Waals surface area contributed by atoms with Gasteiger partial charge in [0.1, 0.15) is 0 Å². The molecule has 0 aliphatic heterocycles. The number of ketones is 4. The summed E-state index contributed by atoms with van der Waals surface area (Å²) in [6.07, 6.45) is 10.4. The lowest BCUT2D eigenvalue weighted by Gasteiger charge is -2.29. The Balaban J connectivity index is 0.000000189. The van der Waals surface area contributed by atoms with Gasteiger partial charge in [0.2, 0.25) is 0 Å². The molecule has 4 aromatic rings. The average molecular weight is 1130 g/mol. The average Bonchev–Trinajstić information content (AvgIpc) is 3.28. The summed E-state index contributed by atoms with van der Waals surface area (Å²) < 4.78 is 108. The van der Waals surface area contributed by atoms with Gasteiger partial charge in [0.25, 0.3) is 40.1 Å². The Morgan fingerprint density at radius 2 is 0.649 bits per heavy atom. The second-order valence-electron chi connectivity index (χ2n) is 21.6. The van der Waals surface area contributed by atoms with Crippen LogP contribution in [0.25, 0.3) is 0 Å². The Labute approximate surface area is 455 Å². The molecule has 4 aliphatic rings. The van der Waals surface area contributed by atoms with Gasteiger partial charge in [0.15, 0.2) is 23.1 Å². The van der Waals surface area contributed by atoms with Crippen molar-refractivity contribution >= 4 is 63.2 Å². The Bertz CT molecular complexity index is 3310. The number of sulfonamides is 4. The number of aryl methyl sites for hydroxylation is 4. The monoisotopic (exact) mass is 1130 g/mol. The van der Waals surface area contributed by atoms with Crippen LogP contribution in [0.15, 0.2) is 164 Å². The standard InChI is InChI=1S/2C15H19NO3S.C14H17NO3S.C13H15NO3S/c2*1-11-4-6-14(7-5-11)20(18,19)16-12-8-13(17)10-15(2,3)9-12;1-10-3-5-14(6-4-10)19(17,18)15-12-7-11(2)8-13(16)9-12;1-10-5-7-13(8-6-10)18(16,17)14-11-3-2-4-12(15)9-11/h2*4-8,16H,9-10H2,1-3H3;3-6,9,11,15H,7-8H2,1-2H3;5-9,14H,2-4H2,1H3. The van der Waals surface area contributed by atoms with Crippen molar-refractivity contribution in [1.29, 1.82) is 0 Å². The van der Waals surface area contributed by atoms with Gasteiger partial charge in [-0.15, -0.1) is 0 Å². The molecule has 0 spiro atoms. The molecule has 16 nitrogen and oxygen atoms in total. The van der Waals surface area contributed by atoms with Crippen LogP contribution in [0.1, 0.15) is 115 Å². The molecule has 1 unspecified atom stereocenters. The molecule has 0 heterocycles. The van der Waals surface area contributed by atoms with E-state index >= 15 is 0 Å². The molecule has 4 N–H and O–H groups in total. The quantitative estimate of drug-likeness (QED) is 0.104. The van der Waals surface area contributed by atoms with Crippen LogP contribution >= 0.6 is 0 Å². The fraction of sp³-hybridized carbons (Fsp3) is 0.368. The maximum atomic E-state index is 12.3. The number of carbonyl (C=O) groups is 4. The van der Waals surface area contributed by atoms with Crippen molar-refractivity contribution in [3.63, 3.8) is 0 Å². The topological polar surface area (TPSA) is 253 Å². The van der Waals surface area contributed by atoms with Crippen LogP contribution in [0.2, 0.25) is 0 Å². The predicted molar refractivity (Wildman–Crippen MR) is 297 cm³/mol. The minimum atomic E-state index is -3.62. The highest BCUT2D eigenvalue weighted by Gasteiger charge is 2.31. The van der Waals surface area contributed by atoms with E-state index in [9.17, 15) is 52.8 Å². The van der Waals surface area contributed by atoms with Crippen molar-refractivity contribution in [1.82, 2.24) is 18.9 Å². The van der Waals surface area contributed by atoms with Gasteiger partial charge >= 0.3 is 0 Å². The normalized spacial score (nSPS) is 18.4. The molecule has 0 aromatic heterocycles. The molecule has 0 amide bonds. The summed E-state index contributed by atoms with van der Waals surface area (Å²) in [6.45, 7) is 17.3. The van der Waals surface area contributed by atoms with Crippen LogP contribution in [0, 0.1) is 44.4 Å². The fourth-order valence-corrected chi connectivity index (χ4v) is 13.1. The van der Waals surface area contributed by atoms with E-state index in [2.05, 4.69) is 18.9 Å². The van der Waals surface area contributed by atoms with Gasteiger partial charge in [-0.3, -0.25) is 38.1 Å². The maximum absolute atomic E-state index is 12.3. The van der Waals surface area contributed by atoms with Gasteiger partial charge < -0.3 is 0 Å². The number of rotatable bonds is 12. The third-order valence-electron chi connectivity index (χ3n) is 12.4. The molecule has 20 heteroatoms. The molecule has 8 rings (SSSR count). The van der Waals surface area contributed by atoms with E-state index in [-0.39, 0.29) is 59.5 Å². The molecule has 414 valence electrons. The van der Waals surface area contributed by atoms with Crippen molar-refractivity contribution < 1.29 is 52.8 Å². The second kappa shape index (κ2) is 25.3. The molecule has 0 saturated heterocycles. The van der Waals surface area contributed by atoms with Crippen LogP contribution in [-0.2, 0) is 59.3 Å². The van der Waals surface area contributed by atoms with E-state index in [1.54, 1.807) is 97.1 Å². The minimum Gasteiger partial charge on any atom is -0.295 e. The highest BCUT2D eigenvalue weighted by Crippen LogP contribution is 2.34. The first-order valence-corrected chi connectivity index (χ1v) is 30.9. The smallest absolute Gasteiger partial charge is 0.261 e. The molecule has 0 saturated carbocycles. The van der Waals surface area contributed by atoms with Gasteiger partial charge in [0.05, 0.1) is 19.6 Å². The lowest BCUT2D eigenvalue weighted by molar-refractivity contribution is -0.117. The highest BCUT2D eigenvalue weighted by atomic mass is 32.2. The van der Waals surface area contributed by atoms with E-state index in [4.69, 9.17) is 0 Å². The van der Waals surface area contributed by atoms with E-state index in [0.717, 1.165) is 22.3 Å². The van der Waals surface area contributed by atoms with Crippen LogP contribution in [0.4, 0.5) is 0 Å². The van der Waals surface area contributed by atoms with Gasteiger partial charge in [-0.05, 0) is 125 Å². The van der Waals surface area contributed by atoms with E-state index in [1.807, 2.05) is 62.3 Å². The first kappa shape index (κ1) is 61.4. The van der Waals surface area contributed by atoms with Crippen molar-refractivity contribution in [3.8, 4) is 0 Å². The zero-order valence-corrected chi connectivity index (χ0v) is 48.3. The lowest BCUT2D eigenvalue weighted by Crippen LogP contribution is -2.31. The molecule has 0 radical (unpaired) electrons. The van der Waals surface area contributed by atoms with Crippen molar-refractivity contribution in [2.75, 3.05) is 0 Å². The van der Waals surface area contributed by atoms with Crippen molar-refractivity contribution in [2.45, 2.75) is 140 Å². The Morgan fingerprint density at radius 3 is 0.948 bits per heavy atom. The molecule has 4 aromatic carbocycles. The zero-order valence-electron chi connectivity index (χ0n) is 45.0. The van der Waals surface area contributed by atoms with E-state index in [0.29, 0.717) is 80.6 Å². The summed E-state index contributed by atoms with van der Waals surface area (Å²) in [6, 6.07) is 26.5. The maximum Gasteiger partial charge on any atom is 0.261 e. The first-order valence-electron chi connectivity index (χ1n) is 25.0. The number of hydrogen-bond donors (Lipinski definition) is 4. The van der Waals surface area contributed by atoms with Gasteiger partial charge in [-0.1, -0.05) is 105 Å². The van der Waals surface area contributed by atoms with Gasteiger partial charge in [-0.2, -0.15) is 0 Å². The molecule has 0 fully saturated rings. The second-order valence-corrected chi connectivity index (χ2v) is 28.3. The Kier molecular flexibility index (Phi) is 20.2. The first-order chi connectivity index (χ1) is 35.7. The summed E-state index contributed by atoms with van der Waals surface area (Å²) in [5, 5.41) is 0. The number of benzene rings is 4. The van der Waals surface area contributed by atoms with Gasteiger partial charge in [-0.25, -0.2) is 33.7 Å². The third-order valence-corrected chi connectivity index (χ3v) is 18.1. The van der Waals surface area contributed by atoms with Crippen LogP contribution in [0.5, 0.6) is 0 Å².